The molecule has 0 rings (SSSR count). The fourth-order valence-electron chi connectivity index (χ4n) is 1.08. The van der Waals surface area contributed by atoms with E-state index in [1.807, 2.05) is 0 Å². The highest BCUT2D eigenvalue weighted by Crippen LogP contribution is 2.20. The highest BCUT2D eigenvalue weighted by Gasteiger charge is 2.36. The molecule has 0 radical (unpaired) electrons. The van der Waals surface area contributed by atoms with Crippen LogP contribution in [0.2, 0.25) is 0 Å². The van der Waals surface area contributed by atoms with Crippen LogP contribution in [-0.2, 0) is 4.74 Å². The molecule has 0 aromatic rings. The summed E-state index contributed by atoms with van der Waals surface area (Å²) in [6, 6.07) is 0. The number of likely N-dealkylation sites (N-methyl/N-ethyl adjacent to an activating group) is 1. The second-order valence-corrected chi connectivity index (χ2v) is 5.44. The highest BCUT2D eigenvalue weighted by atomic mass is 16.6. The number of aliphatic hydroxyl groups excluding tert-OH is 1. The lowest BCUT2D eigenvalue weighted by Gasteiger charge is -2.39. The summed E-state index contributed by atoms with van der Waals surface area (Å²) >= 11 is 0. The first-order valence-corrected chi connectivity index (χ1v) is 5.37. The lowest BCUT2D eigenvalue weighted by Crippen LogP contribution is -2.56. The summed E-state index contributed by atoms with van der Waals surface area (Å²) in [7, 11) is 1.59. The molecule has 0 aliphatic heterocycles. The summed E-state index contributed by atoms with van der Waals surface area (Å²) < 4.78 is 5.22. The third-order valence-electron chi connectivity index (χ3n) is 2.57. The summed E-state index contributed by atoms with van der Waals surface area (Å²) in [5.74, 6) is 0. The Kier molecular flexibility index (Phi) is 4.76. The summed E-state index contributed by atoms with van der Waals surface area (Å²) in [6.07, 6.45) is -1.25. The van der Waals surface area contributed by atoms with Crippen molar-refractivity contribution in [2.24, 2.45) is 5.73 Å². The second-order valence-electron chi connectivity index (χ2n) is 5.44. The normalized spacial score (nSPS) is 14.5. The number of hydrogen-bond donors (Lipinski definition) is 2. The summed E-state index contributed by atoms with van der Waals surface area (Å²) in [6.45, 7) is 8.98. The average molecular weight is 232 g/mol. The zero-order valence-electron chi connectivity index (χ0n) is 11.1. The standard InChI is InChI=1S/C11H24N2O3/c1-10(2,3)16-9(15)13(6)11(4,5)8(14)7-12/h8,14H,7,12H2,1-6H3. The molecule has 1 unspecified atom stereocenters. The number of carbonyl (C=O) groups is 1. The zero-order valence-corrected chi connectivity index (χ0v) is 11.1. The smallest absolute Gasteiger partial charge is 0.410 e. The first kappa shape index (κ1) is 15.2. The van der Waals surface area contributed by atoms with Gasteiger partial charge < -0.3 is 20.5 Å². The van der Waals surface area contributed by atoms with E-state index >= 15 is 0 Å². The van der Waals surface area contributed by atoms with E-state index in [1.54, 1.807) is 41.7 Å². The lowest BCUT2D eigenvalue weighted by atomic mass is 9.96. The van der Waals surface area contributed by atoms with Gasteiger partial charge in [0.2, 0.25) is 0 Å². The second kappa shape index (κ2) is 5.01. The van der Waals surface area contributed by atoms with Crippen molar-refractivity contribution in [3.63, 3.8) is 0 Å². The van der Waals surface area contributed by atoms with E-state index in [1.165, 1.54) is 4.90 Å². The molecule has 1 atom stereocenters. The van der Waals surface area contributed by atoms with Crippen LogP contribution < -0.4 is 5.73 Å². The van der Waals surface area contributed by atoms with Crippen LogP contribution in [0.15, 0.2) is 0 Å². The average Bonchev–Trinajstić information content (AvgIpc) is 2.12. The fraction of sp³-hybridized carbons (Fsp3) is 0.909. The first-order valence-electron chi connectivity index (χ1n) is 5.37. The Bertz CT molecular complexity index is 246. The molecule has 0 bridgehead atoms. The Morgan fingerprint density at radius 1 is 1.38 bits per heavy atom. The molecule has 0 spiro atoms. The maximum atomic E-state index is 11.8. The SMILES string of the molecule is CN(C(=O)OC(C)(C)C)C(C)(C)C(O)CN. The number of ether oxygens (including phenoxy) is 1. The van der Waals surface area contributed by atoms with Crippen molar-refractivity contribution in [1.82, 2.24) is 4.90 Å². The van der Waals surface area contributed by atoms with Crippen LogP contribution in [0.3, 0.4) is 0 Å². The fourth-order valence-corrected chi connectivity index (χ4v) is 1.08. The predicted octanol–water partition coefficient (Wildman–Crippen LogP) is 0.952. The molecule has 5 nitrogen and oxygen atoms in total. The Hall–Kier alpha value is -0.810. The van der Waals surface area contributed by atoms with Crippen molar-refractivity contribution in [3.8, 4) is 0 Å². The van der Waals surface area contributed by atoms with Gasteiger partial charge in [-0.05, 0) is 34.6 Å². The van der Waals surface area contributed by atoms with Crippen LogP contribution in [0.25, 0.3) is 0 Å². The van der Waals surface area contributed by atoms with E-state index in [9.17, 15) is 9.90 Å². The quantitative estimate of drug-likeness (QED) is 0.759. The van der Waals surface area contributed by atoms with E-state index < -0.39 is 23.3 Å². The molecule has 0 saturated heterocycles. The molecule has 0 heterocycles. The van der Waals surface area contributed by atoms with E-state index in [0.717, 1.165) is 0 Å². The number of rotatable bonds is 3. The van der Waals surface area contributed by atoms with Gasteiger partial charge in [-0.25, -0.2) is 4.79 Å². The Balaban J connectivity index is 4.66. The largest absolute Gasteiger partial charge is 0.444 e. The minimum atomic E-state index is -0.787. The van der Waals surface area contributed by atoms with E-state index in [2.05, 4.69) is 0 Å². The van der Waals surface area contributed by atoms with Crippen LogP contribution in [0, 0.1) is 0 Å². The van der Waals surface area contributed by atoms with Crippen LogP contribution >= 0.6 is 0 Å². The van der Waals surface area contributed by atoms with Crippen LogP contribution in [0.1, 0.15) is 34.6 Å². The summed E-state index contributed by atoms with van der Waals surface area (Å²) in [5, 5.41) is 9.73. The number of nitrogens with zero attached hydrogens (tertiary/aromatic N) is 1. The molecule has 3 N–H and O–H groups in total. The van der Waals surface area contributed by atoms with Crippen LogP contribution in [0.4, 0.5) is 4.79 Å². The van der Waals surface area contributed by atoms with Gasteiger partial charge in [0.1, 0.15) is 5.60 Å². The van der Waals surface area contributed by atoms with Gasteiger partial charge in [-0.15, -0.1) is 0 Å². The maximum absolute atomic E-state index is 11.8. The van der Waals surface area contributed by atoms with E-state index in [4.69, 9.17) is 10.5 Å². The van der Waals surface area contributed by atoms with Crippen molar-refractivity contribution < 1.29 is 14.6 Å². The minimum absolute atomic E-state index is 0.0974. The van der Waals surface area contributed by atoms with Crippen molar-refractivity contribution in [3.05, 3.63) is 0 Å². The Morgan fingerprint density at radius 2 is 1.81 bits per heavy atom. The molecular weight excluding hydrogens is 208 g/mol. The highest BCUT2D eigenvalue weighted by molar-refractivity contribution is 5.68. The van der Waals surface area contributed by atoms with Gasteiger partial charge in [-0.3, -0.25) is 0 Å². The molecule has 96 valence electrons. The molecule has 0 aliphatic rings. The zero-order chi connectivity index (χ0) is 13.1. The van der Waals surface area contributed by atoms with Crippen molar-refractivity contribution in [1.29, 1.82) is 0 Å². The molecule has 0 aromatic carbocycles. The van der Waals surface area contributed by atoms with E-state index in [0.29, 0.717) is 0 Å². The van der Waals surface area contributed by atoms with Gasteiger partial charge in [0, 0.05) is 13.6 Å². The number of nitrogens with two attached hydrogens (primary N) is 1. The molecule has 0 aliphatic carbocycles. The molecular formula is C11H24N2O3. The summed E-state index contributed by atoms with van der Waals surface area (Å²) in [5.41, 5.74) is 4.10. The molecule has 16 heavy (non-hydrogen) atoms. The minimum Gasteiger partial charge on any atom is -0.444 e. The topological polar surface area (TPSA) is 75.8 Å². The molecule has 0 aromatic heterocycles. The molecule has 0 fully saturated rings. The third-order valence-corrected chi connectivity index (χ3v) is 2.57. The molecule has 0 saturated carbocycles. The van der Waals surface area contributed by atoms with Gasteiger partial charge in [0.05, 0.1) is 11.6 Å². The van der Waals surface area contributed by atoms with Crippen molar-refractivity contribution in [2.45, 2.75) is 51.9 Å². The predicted molar refractivity (Wildman–Crippen MR) is 63.1 cm³/mol. The number of carbonyl (C=O) groups excluding carboxylic acids is 1. The number of hydrogen-bond acceptors (Lipinski definition) is 4. The van der Waals surface area contributed by atoms with Gasteiger partial charge in [-0.1, -0.05) is 0 Å². The van der Waals surface area contributed by atoms with Crippen molar-refractivity contribution >= 4 is 6.09 Å². The lowest BCUT2D eigenvalue weighted by molar-refractivity contribution is -0.0228. The summed E-state index contributed by atoms with van der Waals surface area (Å²) in [4.78, 5) is 13.1. The number of amides is 1. The molecule has 1 amide bonds. The Morgan fingerprint density at radius 3 is 2.12 bits per heavy atom. The van der Waals surface area contributed by atoms with E-state index in [-0.39, 0.29) is 6.54 Å². The maximum Gasteiger partial charge on any atom is 0.410 e. The number of aliphatic hydroxyl groups is 1. The van der Waals surface area contributed by atoms with Crippen molar-refractivity contribution in [2.75, 3.05) is 13.6 Å². The van der Waals surface area contributed by atoms with Gasteiger partial charge >= 0.3 is 6.09 Å². The van der Waals surface area contributed by atoms with Gasteiger partial charge in [0.25, 0.3) is 0 Å². The van der Waals surface area contributed by atoms with Gasteiger partial charge in [0.15, 0.2) is 0 Å². The van der Waals surface area contributed by atoms with Gasteiger partial charge in [-0.2, -0.15) is 0 Å². The van der Waals surface area contributed by atoms with Crippen LogP contribution in [-0.4, -0.2) is 46.9 Å². The van der Waals surface area contributed by atoms with Crippen LogP contribution in [0.5, 0.6) is 0 Å². The first-order chi connectivity index (χ1) is 7.02. The third kappa shape index (κ3) is 3.98. The monoisotopic (exact) mass is 232 g/mol. The molecule has 5 heteroatoms. The Labute approximate surface area is 97.6 Å².